The van der Waals surface area contributed by atoms with Crippen molar-refractivity contribution in [3.63, 3.8) is 0 Å². The first-order chi connectivity index (χ1) is 16.8. The van der Waals surface area contributed by atoms with E-state index in [-0.39, 0.29) is 22.8 Å². The molecule has 9 nitrogen and oxygen atoms in total. The molecule has 2 aliphatic rings. The zero-order chi connectivity index (χ0) is 25.0. The molecule has 0 saturated carbocycles. The number of sulfonamides is 1. The second-order valence-corrected chi connectivity index (χ2v) is 11.8. The average molecular weight is 520 g/mol. The fourth-order valence-corrected chi connectivity index (χ4v) is 6.78. The molecular weight excluding hydrogens is 486 g/mol. The molecule has 0 aliphatic carbocycles. The van der Waals surface area contributed by atoms with Crippen molar-refractivity contribution in [2.45, 2.75) is 37.6 Å². The number of piperazine rings is 1. The summed E-state index contributed by atoms with van der Waals surface area (Å²) >= 11 is 1.36. The van der Waals surface area contributed by atoms with Gasteiger partial charge in [-0.25, -0.2) is 13.4 Å². The summed E-state index contributed by atoms with van der Waals surface area (Å²) in [4.78, 5) is 35.7. The van der Waals surface area contributed by atoms with Gasteiger partial charge in [0.25, 0.3) is 11.8 Å². The monoisotopic (exact) mass is 519 g/mol. The van der Waals surface area contributed by atoms with Crippen molar-refractivity contribution in [3.8, 4) is 0 Å². The Kier molecular flexibility index (Phi) is 8.20. The van der Waals surface area contributed by atoms with Gasteiger partial charge in [0.2, 0.25) is 10.0 Å². The van der Waals surface area contributed by atoms with Crippen molar-refractivity contribution in [2.24, 2.45) is 0 Å². The minimum absolute atomic E-state index is 0.0111. The fourth-order valence-electron chi connectivity index (χ4n) is 4.56. The van der Waals surface area contributed by atoms with Gasteiger partial charge in [0.15, 0.2) is 5.01 Å². The molecule has 35 heavy (non-hydrogen) atoms. The largest absolute Gasteiger partial charge is 0.335 e. The van der Waals surface area contributed by atoms with Crippen molar-refractivity contribution in [3.05, 3.63) is 46.4 Å². The first-order valence-corrected chi connectivity index (χ1v) is 14.5. The zero-order valence-corrected chi connectivity index (χ0v) is 21.9. The maximum atomic E-state index is 12.9. The first kappa shape index (κ1) is 25.7. The summed E-state index contributed by atoms with van der Waals surface area (Å²) in [6, 6.07) is 6.59. The lowest BCUT2D eigenvalue weighted by Crippen LogP contribution is -2.64. The molecule has 0 N–H and O–H groups in total. The summed E-state index contributed by atoms with van der Waals surface area (Å²) in [7, 11) is -3.56. The van der Waals surface area contributed by atoms with E-state index in [1.54, 1.807) is 23.2 Å². The number of aromatic nitrogens is 1. The van der Waals surface area contributed by atoms with Crippen molar-refractivity contribution >= 4 is 33.2 Å². The highest BCUT2D eigenvalue weighted by atomic mass is 32.2. The summed E-state index contributed by atoms with van der Waals surface area (Å²) < 4.78 is 27.4. The van der Waals surface area contributed by atoms with Crippen molar-refractivity contribution in [1.29, 1.82) is 0 Å². The number of thiazole rings is 1. The van der Waals surface area contributed by atoms with Crippen LogP contribution < -0.4 is 0 Å². The van der Waals surface area contributed by atoms with Gasteiger partial charge in [-0.3, -0.25) is 14.5 Å². The van der Waals surface area contributed by atoms with Crippen LogP contribution in [-0.4, -0.2) is 103 Å². The smallest absolute Gasteiger partial charge is 0.282 e. The number of carbonyl (C=O) groups is 2. The molecule has 3 heterocycles. The van der Waals surface area contributed by atoms with Crippen LogP contribution in [0, 0.1) is 0 Å². The van der Waals surface area contributed by atoms with E-state index in [1.807, 2.05) is 24.1 Å². The molecule has 2 saturated heterocycles. The van der Waals surface area contributed by atoms with E-state index in [0.29, 0.717) is 49.8 Å². The lowest BCUT2D eigenvalue weighted by atomic mass is 10.0. The molecule has 1 aromatic carbocycles. The van der Waals surface area contributed by atoms with E-state index in [2.05, 4.69) is 9.88 Å². The molecule has 0 spiro atoms. The van der Waals surface area contributed by atoms with E-state index in [4.69, 9.17) is 0 Å². The second kappa shape index (κ2) is 11.2. The Balaban J connectivity index is 1.28. The lowest BCUT2D eigenvalue weighted by molar-refractivity contribution is 0.00852. The van der Waals surface area contributed by atoms with Gasteiger partial charge in [-0.15, -0.1) is 11.3 Å². The third-order valence-corrected chi connectivity index (χ3v) is 9.24. The Morgan fingerprint density at radius 1 is 0.971 bits per heavy atom. The normalized spacial score (nSPS) is 17.6. The predicted octanol–water partition coefficient (Wildman–Crippen LogP) is 2.24. The highest BCUT2D eigenvalue weighted by Gasteiger charge is 2.37. The maximum absolute atomic E-state index is 12.9. The van der Waals surface area contributed by atoms with Crippen LogP contribution in [0.25, 0.3) is 0 Å². The van der Waals surface area contributed by atoms with Crippen LogP contribution in [0.15, 0.2) is 40.7 Å². The quantitative estimate of drug-likeness (QED) is 0.504. The van der Waals surface area contributed by atoms with Gasteiger partial charge in [0, 0.05) is 75.5 Å². The Labute approximate surface area is 211 Å². The predicted molar refractivity (Wildman–Crippen MR) is 135 cm³/mol. The Bertz CT molecular complexity index is 1100. The number of hydrogen-bond acceptors (Lipinski definition) is 7. The van der Waals surface area contributed by atoms with E-state index >= 15 is 0 Å². The molecule has 0 bridgehead atoms. The molecule has 0 radical (unpaired) electrons. The number of rotatable bonds is 9. The molecular formula is C24H33N5O4S2. The standard InChI is InChI=1S/C24H33N5O4S2/c1-3-10-29(11-4-2)35(32,33)21-7-5-19(6-8-21)23(30)28-17-20(18-28)26-12-14-27(15-13-26)24(31)22-25-9-16-34-22/h5-9,16,20H,3-4,10-15,17-18H2,1-2H3. The molecule has 1 aromatic heterocycles. The van der Waals surface area contributed by atoms with Crippen molar-refractivity contribution in [1.82, 2.24) is 24.0 Å². The third-order valence-electron chi connectivity index (χ3n) is 6.57. The van der Waals surface area contributed by atoms with Gasteiger partial charge in [0.05, 0.1) is 4.90 Å². The van der Waals surface area contributed by atoms with Crippen molar-refractivity contribution < 1.29 is 18.0 Å². The summed E-state index contributed by atoms with van der Waals surface area (Å²) in [5.74, 6) is -0.0928. The van der Waals surface area contributed by atoms with Gasteiger partial charge < -0.3 is 9.80 Å². The molecule has 11 heteroatoms. The van der Waals surface area contributed by atoms with Crippen LogP contribution in [0.2, 0.25) is 0 Å². The summed E-state index contributed by atoms with van der Waals surface area (Å²) in [6.45, 7) is 9.05. The maximum Gasteiger partial charge on any atom is 0.282 e. The van der Waals surface area contributed by atoms with E-state index < -0.39 is 10.0 Å². The van der Waals surface area contributed by atoms with Crippen LogP contribution in [0.1, 0.15) is 46.8 Å². The summed E-state index contributed by atoms with van der Waals surface area (Å²) in [6.07, 6.45) is 3.15. The van der Waals surface area contributed by atoms with Gasteiger partial charge in [-0.1, -0.05) is 13.8 Å². The number of hydrogen-bond donors (Lipinski definition) is 0. The van der Waals surface area contributed by atoms with Crippen LogP contribution in [0.3, 0.4) is 0 Å². The number of benzene rings is 1. The van der Waals surface area contributed by atoms with E-state index in [9.17, 15) is 18.0 Å². The van der Waals surface area contributed by atoms with Crippen LogP contribution >= 0.6 is 11.3 Å². The molecule has 4 rings (SSSR count). The molecule has 2 amide bonds. The van der Waals surface area contributed by atoms with Crippen LogP contribution in [0.4, 0.5) is 0 Å². The third kappa shape index (κ3) is 5.58. The minimum atomic E-state index is -3.56. The zero-order valence-electron chi connectivity index (χ0n) is 20.3. The van der Waals surface area contributed by atoms with Crippen LogP contribution in [0.5, 0.6) is 0 Å². The summed E-state index contributed by atoms with van der Waals surface area (Å²) in [5, 5.41) is 2.34. The number of carbonyl (C=O) groups excluding carboxylic acids is 2. The van der Waals surface area contributed by atoms with E-state index in [1.165, 1.54) is 27.8 Å². The Hall–Kier alpha value is -2.34. The highest BCUT2D eigenvalue weighted by molar-refractivity contribution is 7.89. The molecule has 2 aromatic rings. The SMILES string of the molecule is CCCN(CCC)S(=O)(=O)c1ccc(C(=O)N2CC(N3CCN(C(=O)c4nccs4)CC3)C2)cc1. The highest BCUT2D eigenvalue weighted by Crippen LogP contribution is 2.22. The van der Waals surface area contributed by atoms with E-state index in [0.717, 1.165) is 25.9 Å². The van der Waals surface area contributed by atoms with Crippen LogP contribution in [-0.2, 0) is 10.0 Å². The average Bonchev–Trinajstić information content (AvgIpc) is 3.38. The molecule has 0 atom stereocenters. The summed E-state index contributed by atoms with van der Waals surface area (Å²) in [5.41, 5.74) is 0.499. The second-order valence-electron chi connectivity index (χ2n) is 8.96. The minimum Gasteiger partial charge on any atom is -0.335 e. The Morgan fingerprint density at radius 3 is 2.14 bits per heavy atom. The topological polar surface area (TPSA) is 94.1 Å². The van der Waals surface area contributed by atoms with Gasteiger partial charge >= 0.3 is 0 Å². The number of nitrogens with zero attached hydrogens (tertiary/aromatic N) is 5. The fraction of sp³-hybridized carbons (Fsp3) is 0.542. The molecule has 2 aliphatic heterocycles. The van der Waals surface area contributed by atoms with Gasteiger partial charge in [-0.05, 0) is 37.1 Å². The lowest BCUT2D eigenvalue weighted by Gasteiger charge is -2.48. The number of likely N-dealkylation sites (tertiary alicyclic amines) is 1. The Morgan fingerprint density at radius 2 is 1.60 bits per heavy atom. The molecule has 2 fully saturated rings. The van der Waals surface area contributed by atoms with Crippen molar-refractivity contribution in [2.75, 3.05) is 52.4 Å². The van der Waals surface area contributed by atoms with Gasteiger partial charge in [-0.2, -0.15) is 4.31 Å². The molecule has 190 valence electrons. The van der Waals surface area contributed by atoms with Gasteiger partial charge in [0.1, 0.15) is 0 Å². The number of amides is 2. The molecule has 0 unspecified atom stereocenters. The first-order valence-electron chi connectivity index (χ1n) is 12.2.